The molecule has 0 aliphatic heterocycles. The van der Waals surface area contributed by atoms with Crippen LogP contribution in [-0.4, -0.2) is 23.7 Å². The first-order valence-electron chi connectivity index (χ1n) is 5.27. The summed E-state index contributed by atoms with van der Waals surface area (Å²) in [5.41, 5.74) is 0.775. The van der Waals surface area contributed by atoms with E-state index >= 15 is 0 Å². The Balaban J connectivity index is 2.66. The lowest BCUT2D eigenvalue weighted by atomic mass is 10.1. The quantitative estimate of drug-likeness (QED) is 0.818. The fourth-order valence-electron chi connectivity index (χ4n) is 1.25. The van der Waals surface area contributed by atoms with Gasteiger partial charge in [0.2, 0.25) is 0 Å². The third-order valence-corrected chi connectivity index (χ3v) is 2.34. The summed E-state index contributed by atoms with van der Waals surface area (Å²) in [6, 6.07) is 4.43. The van der Waals surface area contributed by atoms with Gasteiger partial charge in [-0.1, -0.05) is 13.0 Å². The van der Waals surface area contributed by atoms with Crippen LogP contribution < -0.4 is 5.32 Å². The number of halogens is 1. The predicted octanol–water partition coefficient (Wildman–Crippen LogP) is 1.63. The zero-order chi connectivity index (χ0) is 12.1. The number of hydrogen-bond acceptors (Lipinski definition) is 2. The molecule has 2 N–H and O–H groups in total. The maximum Gasteiger partial charge on any atom is 0.254 e. The minimum atomic E-state index is -0.586. The van der Waals surface area contributed by atoms with E-state index in [4.69, 9.17) is 0 Å². The van der Waals surface area contributed by atoms with Crippen molar-refractivity contribution in [3.05, 3.63) is 35.1 Å². The van der Waals surface area contributed by atoms with E-state index in [0.29, 0.717) is 6.42 Å². The third kappa shape index (κ3) is 3.31. The molecular weight excluding hydrogens is 209 g/mol. The van der Waals surface area contributed by atoms with Crippen LogP contribution in [0.2, 0.25) is 0 Å². The van der Waals surface area contributed by atoms with Gasteiger partial charge in [-0.25, -0.2) is 4.39 Å². The Morgan fingerprint density at radius 1 is 1.56 bits per heavy atom. The standard InChI is InChI=1S/C12H16FNO2/c1-3-9(15)7-14-12(16)10-5-4-8(2)6-11(10)13/h4-6,9,15H,3,7H2,1-2H3,(H,14,16). The van der Waals surface area contributed by atoms with Crippen LogP contribution in [0.25, 0.3) is 0 Å². The van der Waals surface area contributed by atoms with Gasteiger partial charge in [-0.3, -0.25) is 4.79 Å². The van der Waals surface area contributed by atoms with Crippen molar-refractivity contribution in [2.45, 2.75) is 26.4 Å². The molecule has 16 heavy (non-hydrogen) atoms. The number of benzene rings is 1. The average molecular weight is 225 g/mol. The summed E-state index contributed by atoms with van der Waals surface area (Å²) < 4.78 is 13.4. The molecule has 0 fully saturated rings. The molecule has 0 heterocycles. The molecule has 0 aromatic heterocycles. The van der Waals surface area contributed by atoms with Crippen LogP contribution in [0.3, 0.4) is 0 Å². The van der Waals surface area contributed by atoms with Crippen molar-refractivity contribution < 1.29 is 14.3 Å². The molecule has 3 nitrogen and oxygen atoms in total. The topological polar surface area (TPSA) is 49.3 Å². The van der Waals surface area contributed by atoms with Crippen molar-refractivity contribution in [3.63, 3.8) is 0 Å². The molecule has 1 aromatic rings. The van der Waals surface area contributed by atoms with Crippen molar-refractivity contribution in [2.24, 2.45) is 0 Å². The second kappa shape index (κ2) is 5.61. The predicted molar refractivity (Wildman–Crippen MR) is 59.8 cm³/mol. The maximum atomic E-state index is 13.4. The highest BCUT2D eigenvalue weighted by Gasteiger charge is 2.12. The molecular formula is C12H16FNO2. The van der Waals surface area contributed by atoms with Gasteiger partial charge in [0.05, 0.1) is 11.7 Å². The van der Waals surface area contributed by atoms with Gasteiger partial charge in [-0.05, 0) is 31.0 Å². The lowest BCUT2D eigenvalue weighted by molar-refractivity contribution is 0.0910. The average Bonchev–Trinajstić information content (AvgIpc) is 2.25. The van der Waals surface area contributed by atoms with E-state index in [9.17, 15) is 14.3 Å². The van der Waals surface area contributed by atoms with Gasteiger partial charge >= 0.3 is 0 Å². The van der Waals surface area contributed by atoms with Crippen LogP contribution in [0, 0.1) is 12.7 Å². The van der Waals surface area contributed by atoms with Gasteiger partial charge < -0.3 is 10.4 Å². The van der Waals surface area contributed by atoms with Gasteiger partial charge in [0.1, 0.15) is 5.82 Å². The highest BCUT2D eigenvalue weighted by Crippen LogP contribution is 2.09. The second-order valence-electron chi connectivity index (χ2n) is 3.76. The highest BCUT2D eigenvalue weighted by molar-refractivity contribution is 5.94. The summed E-state index contributed by atoms with van der Waals surface area (Å²) in [5.74, 6) is -1.03. The minimum Gasteiger partial charge on any atom is -0.391 e. The summed E-state index contributed by atoms with van der Waals surface area (Å²) in [6.45, 7) is 3.71. The molecule has 0 aliphatic rings. The molecule has 1 rings (SSSR count). The summed E-state index contributed by atoms with van der Waals surface area (Å²) >= 11 is 0. The number of aliphatic hydroxyl groups excluding tert-OH is 1. The number of nitrogens with one attached hydrogen (secondary N) is 1. The molecule has 1 unspecified atom stereocenters. The zero-order valence-electron chi connectivity index (χ0n) is 9.46. The Morgan fingerprint density at radius 2 is 2.25 bits per heavy atom. The number of carbonyl (C=O) groups excluding carboxylic acids is 1. The van der Waals surface area contributed by atoms with E-state index in [-0.39, 0.29) is 12.1 Å². The smallest absolute Gasteiger partial charge is 0.254 e. The lowest BCUT2D eigenvalue weighted by Crippen LogP contribution is -2.32. The number of aryl methyl sites for hydroxylation is 1. The van der Waals surface area contributed by atoms with E-state index < -0.39 is 17.8 Å². The first kappa shape index (κ1) is 12.6. The van der Waals surface area contributed by atoms with E-state index in [1.54, 1.807) is 13.0 Å². The Morgan fingerprint density at radius 3 is 2.81 bits per heavy atom. The normalized spacial score (nSPS) is 12.2. The number of aliphatic hydroxyl groups is 1. The van der Waals surface area contributed by atoms with Gasteiger partial charge in [-0.15, -0.1) is 0 Å². The summed E-state index contributed by atoms with van der Waals surface area (Å²) in [5, 5.41) is 11.7. The molecule has 0 spiro atoms. The molecule has 1 amide bonds. The largest absolute Gasteiger partial charge is 0.391 e. The van der Waals surface area contributed by atoms with Crippen LogP contribution in [0.1, 0.15) is 29.3 Å². The molecule has 1 atom stereocenters. The summed E-state index contributed by atoms with van der Waals surface area (Å²) in [4.78, 5) is 11.5. The van der Waals surface area contributed by atoms with Crippen LogP contribution in [-0.2, 0) is 0 Å². The van der Waals surface area contributed by atoms with Gasteiger partial charge in [0.25, 0.3) is 5.91 Å². The molecule has 0 aliphatic carbocycles. The molecule has 88 valence electrons. The molecule has 0 radical (unpaired) electrons. The minimum absolute atomic E-state index is 0.00824. The van der Waals surface area contributed by atoms with Crippen LogP contribution in [0.4, 0.5) is 4.39 Å². The number of carbonyl (C=O) groups is 1. The lowest BCUT2D eigenvalue weighted by Gasteiger charge is -2.10. The Bertz CT molecular complexity index is 379. The Labute approximate surface area is 94.3 Å². The Hall–Kier alpha value is -1.42. The molecule has 0 bridgehead atoms. The first-order chi connectivity index (χ1) is 7.54. The summed E-state index contributed by atoms with van der Waals surface area (Å²) in [6.07, 6.45) is -0.0334. The second-order valence-corrected chi connectivity index (χ2v) is 3.76. The molecule has 1 aromatic carbocycles. The van der Waals surface area contributed by atoms with Gasteiger partial charge in [0, 0.05) is 6.54 Å². The monoisotopic (exact) mass is 225 g/mol. The first-order valence-corrected chi connectivity index (χ1v) is 5.27. The summed E-state index contributed by atoms with van der Waals surface area (Å²) in [7, 11) is 0. The number of hydrogen-bond donors (Lipinski definition) is 2. The van der Waals surface area contributed by atoms with Crippen LogP contribution in [0.5, 0.6) is 0 Å². The van der Waals surface area contributed by atoms with E-state index in [0.717, 1.165) is 5.56 Å². The highest BCUT2D eigenvalue weighted by atomic mass is 19.1. The maximum absolute atomic E-state index is 13.4. The van der Waals surface area contributed by atoms with Crippen molar-refractivity contribution >= 4 is 5.91 Å². The molecule has 4 heteroatoms. The molecule has 0 saturated carbocycles. The SMILES string of the molecule is CCC(O)CNC(=O)c1ccc(C)cc1F. The van der Waals surface area contributed by atoms with Crippen molar-refractivity contribution in [3.8, 4) is 0 Å². The van der Waals surface area contributed by atoms with Crippen molar-refractivity contribution in [1.82, 2.24) is 5.32 Å². The van der Waals surface area contributed by atoms with Crippen molar-refractivity contribution in [1.29, 1.82) is 0 Å². The molecule has 0 saturated heterocycles. The number of amides is 1. The van der Waals surface area contributed by atoms with Crippen LogP contribution >= 0.6 is 0 Å². The van der Waals surface area contributed by atoms with E-state index in [2.05, 4.69) is 5.32 Å². The van der Waals surface area contributed by atoms with Gasteiger partial charge in [-0.2, -0.15) is 0 Å². The fraction of sp³-hybridized carbons (Fsp3) is 0.417. The van der Waals surface area contributed by atoms with Crippen LogP contribution in [0.15, 0.2) is 18.2 Å². The number of rotatable bonds is 4. The third-order valence-electron chi connectivity index (χ3n) is 2.34. The van der Waals surface area contributed by atoms with E-state index in [1.165, 1.54) is 12.1 Å². The van der Waals surface area contributed by atoms with Gasteiger partial charge in [0.15, 0.2) is 0 Å². The fourth-order valence-corrected chi connectivity index (χ4v) is 1.25. The van der Waals surface area contributed by atoms with E-state index in [1.807, 2.05) is 6.92 Å². The van der Waals surface area contributed by atoms with Crippen molar-refractivity contribution in [2.75, 3.05) is 6.54 Å². The Kier molecular flexibility index (Phi) is 4.43. The zero-order valence-corrected chi connectivity index (χ0v) is 9.46.